The predicted octanol–water partition coefficient (Wildman–Crippen LogP) is 2.87. The van der Waals surface area contributed by atoms with Gasteiger partial charge in [-0.2, -0.15) is 5.10 Å². The van der Waals surface area contributed by atoms with Crippen molar-refractivity contribution >= 4 is 11.7 Å². The van der Waals surface area contributed by atoms with Crippen LogP contribution >= 0.6 is 0 Å². The zero-order chi connectivity index (χ0) is 21.8. The van der Waals surface area contributed by atoms with Crippen molar-refractivity contribution in [1.29, 1.82) is 0 Å². The van der Waals surface area contributed by atoms with Crippen LogP contribution in [0.15, 0.2) is 65.7 Å². The van der Waals surface area contributed by atoms with Gasteiger partial charge in [0.1, 0.15) is 11.6 Å². The zero-order valence-electron chi connectivity index (χ0n) is 17.3. The van der Waals surface area contributed by atoms with Crippen LogP contribution in [-0.4, -0.2) is 30.6 Å². The Kier molecular flexibility index (Phi) is 5.70. The molecule has 156 valence electrons. The van der Waals surface area contributed by atoms with Gasteiger partial charge in [-0.15, -0.1) is 0 Å². The quantitative estimate of drug-likeness (QED) is 0.505. The van der Waals surface area contributed by atoms with E-state index in [1.165, 1.54) is 0 Å². The van der Waals surface area contributed by atoms with Crippen molar-refractivity contribution in [2.24, 2.45) is 0 Å². The van der Waals surface area contributed by atoms with Crippen molar-refractivity contribution in [3.63, 3.8) is 0 Å². The Morgan fingerprint density at radius 2 is 1.94 bits per heavy atom. The molecule has 0 aliphatic rings. The molecule has 3 aromatic heterocycles. The minimum Gasteiger partial charge on any atom is -0.311 e. The lowest BCUT2D eigenvalue weighted by Crippen LogP contribution is -2.24. The van der Waals surface area contributed by atoms with E-state index >= 15 is 0 Å². The van der Waals surface area contributed by atoms with E-state index in [-0.39, 0.29) is 17.9 Å². The van der Waals surface area contributed by atoms with Crippen LogP contribution in [0.3, 0.4) is 0 Å². The Balaban J connectivity index is 1.52. The Labute approximate surface area is 179 Å². The lowest BCUT2D eigenvalue weighted by atomic mass is 10.1. The van der Waals surface area contributed by atoms with Gasteiger partial charge in [0.05, 0.1) is 18.7 Å². The van der Waals surface area contributed by atoms with Crippen molar-refractivity contribution < 1.29 is 4.79 Å². The standard InChI is InChI=1S/C23H22N6O2/c1-15-11-20(29(28-15)14-17-7-4-3-5-8-17)26-21(30)12-19-16(2)25-22(27-23(19)31)18-9-6-10-24-13-18/h3-11,13H,12,14H2,1-2H3,(H,26,30)(H,25,27,31). The first-order chi connectivity index (χ1) is 15.0. The number of amides is 1. The molecule has 0 bridgehead atoms. The third kappa shape index (κ3) is 4.75. The SMILES string of the molecule is Cc1cc(NC(=O)Cc2c(C)nc(-c3cccnc3)[nH]c2=O)n(Cc2ccccc2)n1. The van der Waals surface area contributed by atoms with Crippen LogP contribution in [0.1, 0.15) is 22.5 Å². The first kappa shape index (κ1) is 20.2. The number of aryl methyl sites for hydroxylation is 2. The number of anilines is 1. The van der Waals surface area contributed by atoms with E-state index in [4.69, 9.17) is 0 Å². The number of nitrogens with one attached hydrogen (secondary N) is 2. The zero-order valence-corrected chi connectivity index (χ0v) is 17.3. The van der Waals surface area contributed by atoms with Crippen LogP contribution in [0.2, 0.25) is 0 Å². The molecular weight excluding hydrogens is 392 g/mol. The maximum Gasteiger partial charge on any atom is 0.255 e. The summed E-state index contributed by atoms with van der Waals surface area (Å²) in [5.41, 5.74) is 3.07. The summed E-state index contributed by atoms with van der Waals surface area (Å²) in [7, 11) is 0. The number of hydrogen-bond acceptors (Lipinski definition) is 5. The van der Waals surface area contributed by atoms with Gasteiger partial charge in [0.15, 0.2) is 0 Å². The molecule has 4 aromatic rings. The topological polar surface area (TPSA) is 106 Å². The molecule has 0 radical (unpaired) electrons. The Hall–Kier alpha value is -4.07. The van der Waals surface area contributed by atoms with Gasteiger partial charge in [0, 0.05) is 35.3 Å². The molecule has 3 heterocycles. The number of pyridine rings is 1. The minimum absolute atomic E-state index is 0.0863. The highest BCUT2D eigenvalue weighted by Gasteiger charge is 2.16. The number of rotatable bonds is 6. The molecule has 0 fully saturated rings. The van der Waals surface area contributed by atoms with Gasteiger partial charge in [0.25, 0.3) is 5.56 Å². The fourth-order valence-electron chi connectivity index (χ4n) is 3.33. The summed E-state index contributed by atoms with van der Waals surface area (Å²) in [6.45, 7) is 4.12. The van der Waals surface area contributed by atoms with E-state index in [1.54, 1.807) is 30.1 Å². The Morgan fingerprint density at radius 3 is 2.65 bits per heavy atom. The molecule has 31 heavy (non-hydrogen) atoms. The molecule has 0 aliphatic heterocycles. The Bertz CT molecular complexity index is 1260. The van der Waals surface area contributed by atoms with E-state index in [2.05, 4.69) is 25.4 Å². The molecule has 0 saturated carbocycles. The van der Waals surface area contributed by atoms with Crippen molar-refractivity contribution in [2.75, 3.05) is 5.32 Å². The van der Waals surface area contributed by atoms with Gasteiger partial charge in [-0.05, 0) is 31.5 Å². The predicted molar refractivity (Wildman–Crippen MR) is 118 cm³/mol. The van der Waals surface area contributed by atoms with E-state index in [0.717, 1.165) is 11.3 Å². The molecule has 1 amide bonds. The lowest BCUT2D eigenvalue weighted by molar-refractivity contribution is -0.115. The number of H-pyrrole nitrogens is 1. The average molecular weight is 414 g/mol. The maximum atomic E-state index is 12.7. The highest BCUT2D eigenvalue weighted by Crippen LogP contribution is 2.15. The number of carbonyl (C=O) groups is 1. The van der Waals surface area contributed by atoms with E-state index in [9.17, 15) is 9.59 Å². The van der Waals surface area contributed by atoms with E-state index in [1.807, 2.05) is 49.4 Å². The number of benzene rings is 1. The number of aromatic amines is 1. The average Bonchev–Trinajstić information content (AvgIpc) is 3.10. The van der Waals surface area contributed by atoms with Crippen LogP contribution in [0, 0.1) is 13.8 Å². The maximum absolute atomic E-state index is 12.7. The fraction of sp³-hybridized carbons (Fsp3) is 0.174. The van der Waals surface area contributed by atoms with Crippen molar-refractivity contribution in [1.82, 2.24) is 24.7 Å². The van der Waals surface area contributed by atoms with Crippen LogP contribution in [-0.2, 0) is 17.8 Å². The van der Waals surface area contributed by atoms with Crippen molar-refractivity contribution in [3.8, 4) is 11.4 Å². The van der Waals surface area contributed by atoms with Gasteiger partial charge < -0.3 is 10.3 Å². The first-order valence-electron chi connectivity index (χ1n) is 9.88. The second-order valence-corrected chi connectivity index (χ2v) is 7.26. The van der Waals surface area contributed by atoms with Crippen LogP contribution in [0.4, 0.5) is 5.82 Å². The van der Waals surface area contributed by atoms with Gasteiger partial charge in [-0.25, -0.2) is 9.67 Å². The number of carbonyl (C=O) groups excluding carboxylic acids is 1. The van der Waals surface area contributed by atoms with Crippen LogP contribution in [0.5, 0.6) is 0 Å². The summed E-state index contributed by atoms with van der Waals surface area (Å²) < 4.78 is 1.74. The molecule has 8 heteroatoms. The van der Waals surface area contributed by atoms with E-state index in [0.29, 0.717) is 35.0 Å². The fourth-order valence-corrected chi connectivity index (χ4v) is 3.33. The summed E-state index contributed by atoms with van der Waals surface area (Å²) in [6.07, 6.45) is 3.19. The number of hydrogen-bond donors (Lipinski definition) is 2. The van der Waals surface area contributed by atoms with Crippen molar-refractivity contribution in [2.45, 2.75) is 26.8 Å². The second-order valence-electron chi connectivity index (χ2n) is 7.26. The minimum atomic E-state index is -0.338. The smallest absolute Gasteiger partial charge is 0.255 e. The molecule has 0 saturated heterocycles. The summed E-state index contributed by atoms with van der Waals surface area (Å²) in [6, 6.07) is 15.3. The number of aromatic nitrogens is 5. The molecule has 4 rings (SSSR count). The number of nitrogens with zero attached hydrogens (tertiary/aromatic N) is 4. The monoisotopic (exact) mass is 414 g/mol. The van der Waals surface area contributed by atoms with Crippen LogP contribution < -0.4 is 10.9 Å². The van der Waals surface area contributed by atoms with Gasteiger partial charge >= 0.3 is 0 Å². The highest BCUT2D eigenvalue weighted by atomic mass is 16.2. The first-order valence-corrected chi connectivity index (χ1v) is 9.88. The van der Waals surface area contributed by atoms with Crippen LogP contribution in [0.25, 0.3) is 11.4 Å². The van der Waals surface area contributed by atoms with E-state index < -0.39 is 0 Å². The second kappa shape index (κ2) is 8.74. The van der Waals surface area contributed by atoms with Gasteiger partial charge in [-0.1, -0.05) is 30.3 Å². The third-order valence-corrected chi connectivity index (χ3v) is 4.84. The summed E-state index contributed by atoms with van der Waals surface area (Å²) in [5.74, 6) is 0.704. The molecule has 0 unspecified atom stereocenters. The molecule has 0 spiro atoms. The summed E-state index contributed by atoms with van der Waals surface area (Å²) in [4.78, 5) is 36.6. The molecule has 0 aliphatic carbocycles. The molecular formula is C23H22N6O2. The normalized spacial score (nSPS) is 10.8. The molecule has 2 N–H and O–H groups in total. The highest BCUT2D eigenvalue weighted by molar-refractivity contribution is 5.91. The lowest BCUT2D eigenvalue weighted by Gasteiger charge is -2.10. The summed E-state index contributed by atoms with van der Waals surface area (Å²) in [5, 5.41) is 7.33. The Morgan fingerprint density at radius 1 is 1.13 bits per heavy atom. The van der Waals surface area contributed by atoms with Gasteiger partial charge in [-0.3, -0.25) is 14.6 Å². The molecule has 0 atom stereocenters. The van der Waals surface area contributed by atoms with Gasteiger partial charge in [0.2, 0.25) is 5.91 Å². The largest absolute Gasteiger partial charge is 0.311 e. The van der Waals surface area contributed by atoms with Crippen molar-refractivity contribution in [3.05, 3.63) is 93.8 Å². The summed E-state index contributed by atoms with van der Waals surface area (Å²) >= 11 is 0. The third-order valence-electron chi connectivity index (χ3n) is 4.84. The molecule has 8 nitrogen and oxygen atoms in total. The molecule has 1 aromatic carbocycles.